The van der Waals surface area contributed by atoms with Crippen LogP contribution in [-0.2, 0) is 4.79 Å². The van der Waals surface area contributed by atoms with Crippen LogP contribution >= 0.6 is 0 Å². The third-order valence-electron chi connectivity index (χ3n) is 6.01. The molecule has 0 saturated heterocycles. The lowest BCUT2D eigenvalue weighted by atomic mass is 9.56. The van der Waals surface area contributed by atoms with Gasteiger partial charge in [-0.2, -0.15) is 0 Å². The van der Waals surface area contributed by atoms with E-state index in [1.54, 1.807) is 0 Å². The van der Waals surface area contributed by atoms with E-state index < -0.39 is 0 Å². The summed E-state index contributed by atoms with van der Waals surface area (Å²) in [5.74, 6) is 2.95. The molecular weight excluding hydrogens is 222 g/mol. The molecule has 4 atom stereocenters. The maximum atomic E-state index is 12.7. The smallest absolute Gasteiger partial charge is 0.226 e. The first-order valence-corrected chi connectivity index (χ1v) is 8.04. The number of unbranched alkanes of at least 4 members (excludes halogenated alkanes) is 1. The molecule has 0 heterocycles. The molecule has 2 nitrogen and oxygen atoms in total. The highest BCUT2D eigenvalue weighted by Gasteiger charge is 2.56. The molecule has 4 bridgehead atoms. The van der Waals surface area contributed by atoms with E-state index in [4.69, 9.17) is 0 Å². The van der Waals surface area contributed by atoms with Crippen molar-refractivity contribution in [2.75, 3.05) is 6.54 Å². The molecule has 3 saturated carbocycles. The van der Waals surface area contributed by atoms with Crippen molar-refractivity contribution in [3.63, 3.8) is 0 Å². The van der Waals surface area contributed by atoms with E-state index in [-0.39, 0.29) is 5.41 Å². The third-order valence-corrected chi connectivity index (χ3v) is 6.01. The molecule has 2 heteroatoms. The quantitative estimate of drug-likeness (QED) is 0.759. The average Bonchev–Trinajstić information content (AvgIpc) is 2.85. The van der Waals surface area contributed by atoms with E-state index in [0.29, 0.717) is 11.8 Å². The van der Waals surface area contributed by atoms with Crippen LogP contribution in [0.1, 0.15) is 64.7 Å². The fourth-order valence-electron chi connectivity index (χ4n) is 5.02. The summed E-state index contributed by atoms with van der Waals surface area (Å²) in [5, 5.41) is 3.24. The molecule has 3 fully saturated rings. The summed E-state index contributed by atoms with van der Waals surface area (Å²) < 4.78 is 0. The summed E-state index contributed by atoms with van der Waals surface area (Å²) in [6.07, 6.45) is 11.4. The second kappa shape index (κ2) is 4.86. The van der Waals surface area contributed by atoms with Gasteiger partial charge in [0.05, 0.1) is 5.41 Å². The van der Waals surface area contributed by atoms with Gasteiger partial charge in [0.25, 0.3) is 0 Å². The Kier molecular flexibility index (Phi) is 3.38. The van der Waals surface area contributed by atoms with Crippen LogP contribution in [0.2, 0.25) is 0 Å². The molecule has 0 aromatic heterocycles. The Morgan fingerprint density at radius 1 is 1.28 bits per heavy atom. The number of amides is 1. The van der Waals surface area contributed by atoms with Crippen LogP contribution in [0.4, 0.5) is 0 Å². The van der Waals surface area contributed by atoms with Crippen LogP contribution < -0.4 is 5.32 Å². The van der Waals surface area contributed by atoms with Gasteiger partial charge in [0.15, 0.2) is 0 Å². The molecule has 102 valence electrons. The standard InChI is InChI=1S/C16H27NO/c1-2-3-9-17-15(18)16-8-4-5-13(11-16)12-6-7-14(16)10-12/h12-14H,2-11H2,1H3,(H,17,18)/t12-,13-,14+,16+/m1/s1. The topological polar surface area (TPSA) is 29.1 Å². The normalized spacial score (nSPS) is 41.7. The van der Waals surface area contributed by atoms with Gasteiger partial charge in [0, 0.05) is 6.54 Å². The zero-order chi connectivity index (χ0) is 12.6. The summed E-state index contributed by atoms with van der Waals surface area (Å²) in [7, 11) is 0. The predicted octanol–water partition coefficient (Wildman–Crippen LogP) is 3.51. The van der Waals surface area contributed by atoms with Crippen molar-refractivity contribution in [2.45, 2.75) is 64.7 Å². The number of hydrogen-bond acceptors (Lipinski definition) is 1. The minimum absolute atomic E-state index is 0.0453. The van der Waals surface area contributed by atoms with Crippen LogP contribution in [0.3, 0.4) is 0 Å². The summed E-state index contributed by atoms with van der Waals surface area (Å²) in [6, 6.07) is 0. The number of nitrogens with one attached hydrogen (secondary N) is 1. The number of fused-ring (bicyclic) bond motifs is 6. The number of carbonyl (C=O) groups is 1. The van der Waals surface area contributed by atoms with Gasteiger partial charge in [-0.3, -0.25) is 4.79 Å². The van der Waals surface area contributed by atoms with Gasteiger partial charge in [-0.1, -0.05) is 26.2 Å². The fourth-order valence-corrected chi connectivity index (χ4v) is 5.02. The zero-order valence-corrected chi connectivity index (χ0v) is 11.7. The first-order valence-electron chi connectivity index (χ1n) is 8.04. The molecule has 0 aliphatic heterocycles. The Morgan fingerprint density at radius 3 is 3.00 bits per heavy atom. The molecule has 18 heavy (non-hydrogen) atoms. The zero-order valence-electron chi connectivity index (χ0n) is 11.7. The van der Waals surface area contributed by atoms with Crippen molar-refractivity contribution < 1.29 is 4.79 Å². The third kappa shape index (κ3) is 1.88. The summed E-state index contributed by atoms with van der Waals surface area (Å²) >= 11 is 0. The Labute approximate surface area is 111 Å². The molecule has 3 rings (SSSR count). The Hall–Kier alpha value is -0.530. The minimum Gasteiger partial charge on any atom is -0.356 e. The Balaban J connectivity index is 1.73. The van der Waals surface area contributed by atoms with Crippen molar-refractivity contribution in [3.8, 4) is 0 Å². The van der Waals surface area contributed by atoms with E-state index in [9.17, 15) is 4.79 Å². The molecule has 3 aliphatic rings. The summed E-state index contributed by atoms with van der Waals surface area (Å²) in [6.45, 7) is 3.07. The summed E-state index contributed by atoms with van der Waals surface area (Å²) in [4.78, 5) is 12.7. The molecule has 0 spiro atoms. The van der Waals surface area contributed by atoms with E-state index in [0.717, 1.165) is 24.8 Å². The van der Waals surface area contributed by atoms with Gasteiger partial charge >= 0.3 is 0 Å². The van der Waals surface area contributed by atoms with E-state index in [1.807, 2.05) is 0 Å². The van der Waals surface area contributed by atoms with E-state index in [2.05, 4.69) is 12.2 Å². The SMILES string of the molecule is CCCCNC(=O)[C@@]12CCC[C@H](C1)[C@@H]1CC[C@H]2C1. The van der Waals surface area contributed by atoms with Gasteiger partial charge < -0.3 is 5.32 Å². The Morgan fingerprint density at radius 2 is 2.17 bits per heavy atom. The number of hydrogen-bond donors (Lipinski definition) is 1. The minimum atomic E-state index is 0.0453. The van der Waals surface area contributed by atoms with Gasteiger partial charge in [-0.25, -0.2) is 0 Å². The Bertz CT molecular complexity index is 327. The second-order valence-electron chi connectivity index (χ2n) is 6.89. The highest BCUT2D eigenvalue weighted by atomic mass is 16.2. The van der Waals surface area contributed by atoms with Crippen LogP contribution in [0.25, 0.3) is 0 Å². The maximum absolute atomic E-state index is 12.7. The van der Waals surface area contributed by atoms with Crippen molar-refractivity contribution in [1.29, 1.82) is 0 Å². The lowest BCUT2D eigenvalue weighted by molar-refractivity contribution is -0.141. The lowest BCUT2D eigenvalue weighted by Crippen LogP contribution is -2.51. The first-order chi connectivity index (χ1) is 8.76. The van der Waals surface area contributed by atoms with Crippen LogP contribution in [0.15, 0.2) is 0 Å². The molecule has 0 aromatic rings. The van der Waals surface area contributed by atoms with Crippen molar-refractivity contribution in [2.24, 2.45) is 23.2 Å². The molecule has 1 amide bonds. The maximum Gasteiger partial charge on any atom is 0.226 e. The largest absolute Gasteiger partial charge is 0.356 e. The molecular formula is C16H27NO. The van der Waals surface area contributed by atoms with Crippen LogP contribution in [-0.4, -0.2) is 12.5 Å². The van der Waals surface area contributed by atoms with E-state index >= 15 is 0 Å². The summed E-state index contributed by atoms with van der Waals surface area (Å²) in [5.41, 5.74) is 0.0453. The molecule has 0 unspecified atom stereocenters. The predicted molar refractivity (Wildman–Crippen MR) is 73.1 cm³/mol. The molecule has 0 radical (unpaired) electrons. The first kappa shape index (κ1) is 12.5. The highest BCUT2D eigenvalue weighted by molar-refractivity contribution is 5.83. The monoisotopic (exact) mass is 249 g/mol. The molecule has 0 aromatic carbocycles. The number of carbonyl (C=O) groups excluding carboxylic acids is 1. The van der Waals surface area contributed by atoms with Gasteiger partial charge in [-0.15, -0.1) is 0 Å². The average molecular weight is 249 g/mol. The van der Waals surface area contributed by atoms with Crippen LogP contribution in [0.5, 0.6) is 0 Å². The van der Waals surface area contributed by atoms with Gasteiger partial charge in [0.2, 0.25) is 5.91 Å². The number of rotatable bonds is 4. The van der Waals surface area contributed by atoms with Gasteiger partial charge in [-0.05, 0) is 56.3 Å². The fraction of sp³-hybridized carbons (Fsp3) is 0.938. The van der Waals surface area contributed by atoms with E-state index in [1.165, 1.54) is 51.4 Å². The van der Waals surface area contributed by atoms with Crippen molar-refractivity contribution in [3.05, 3.63) is 0 Å². The molecule has 1 N–H and O–H groups in total. The van der Waals surface area contributed by atoms with Gasteiger partial charge in [0.1, 0.15) is 0 Å². The van der Waals surface area contributed by atoms with Crippen LogP contribution in [0, 0.1) is 23.2 Å². The van der Waals surface area contributed by atoms with Crippen molar-refractivity contribution in [1.82, 2.24) is 5.32 Å². The highest BCUT2D eigenvalue weighted by Crippen LogP contribution is 2.60. The lowest BCUT2D eigenvalue weighted by Gasteiger charge is -2.48. The molecule has 3 aliphatic carbocycles. The van der Waals surface area contributed by atoms with Crippen molar-refractivity contribution >= 4 is 5.91 Å². The second-order valence-corrected chi connectivity index (χ2v) is 6.89.